The fourth-order valence-corrected chi connectivity index (χ4v) is 2.40. The Bertz CT molecular complexity index is 426. The van der Waals surface area contributed by atoms with Crippen molar-refractivity contribution in [2.45, 2.75) is 20.3 Å². The molecule has 1 N–H and O–H groups in total. The van der Waals surface area contributed by atoms with E-state index in [0.29, 0.717) is 17.1 Å². The Balaban J connectivity index is 2.49. The molecule has 5 heteroatoms. The van der Waals surface area contributed by atoms with Gasteiger partial charge in [0.15, 0.2) is 0 Å². The van der Waals surface area contributed by atoms with Gasteiger partial charge in [-0.1, -0.05) is 41.4 Å². The van der Waals surface area contributed by atoms with E-state index < -0.39 is 0 Å². The van der Waals surface area contributed by atoms with Crippen LogP contribution in [0.3, 0.4) is 0 Å². The molecule has 1 rings (SSSR count). The third kappa shape index (κ3) is 5.51. The van der Waals surface area contributed by atoms with Gasteiger partial charge < -0.3 is 10.2 Å². The summed E-state index contributed by atoms with van der Waals surface area (Å²) in [6, 6.07) is 5.27. The topological polar surface area (TPSA) is 32.3 Å². The molecule has 1 amide bonds. The van der Waals surface area contributed by atoms with Crippen molar-refractivity contribution in [3.05, 3.63) is 33.3 Å². The minimum Gasteiger partial charge on any atom is -0.351 e. The van der Waals surface area contributed by atoms with Gasteiger partial charge in [-0.15, -0.1) is 0 Å². The van der Waals surface area contributed by atoms with Crippen molar-refractivity contribution >= 4 is 33.4 Å². The number of likely N-dealkylation sites (N-methyl/N-ethyl adjacent to an activating group) is 1. The molecule has 0 heterocycles. The third-order valence-electron chi connectivity index (χ3n) is 2.87. The van der Waals surface area contributed by atoms with Crippen LogP contribution in [0, 0.1) is 0 Å². The van der Waals surface area contributed by atoms with Gasteiger partial charge in [0.2, 0.25) is 0 Å². The van der Waals surface area contributed by atoms with E-state index in [1.165, 1.54) is 0 Å². The van der Waals surface area contributed by atoms with Crippen LogP contribution >= 0.6 is 27.5 Å². The number of benzene rings is 1. The average Bonchev–Trinajstić information content (AvgIpc) is 2.40. The number of hydrogen-bond donors (Lipinski definition) is 1. The third-order valence-corrected chi connectivity index (χ3v) is 3.70. The van der Waals surface area contributed by atoms with Crippen LogP contribution in [0.5, 0.6) is 0 Å². The van der Waals surface area contributed by atoms with E-state index in [4.69, 9.17) is 11.6 Å². The SMILES string of the molecule is CCCN(CC)CCNC(=O)c1cc(Br)ccc1Cl. The number of halogens is 2. The van der Waals surface area contributed by atoms with E-state index in [9.17, 15) is 4.79 Å². The molecule has 106 valence electrons. The highest BCUT2D eigenvalue weighted by molar-refractivity contribution is 9.10. The normalized spacial score (nSPS) is 10.8. The highest BCUT2D eigenvalue weighted by atomic mass is 79.9. The second kappa shape index (κ2) is 8.56. The first-order valence-corrected chi connectivity index (χ1v) is 7.71. The summed E-state index contributed by atoms with van der Waals surface area (Å²) in [7, 11) is 0. The van der Waals surface area contributed by atoms with E-state index in [2.05, 4.69) is 40.0 Å². The number of nitrogens with zero attached hydrogens (tertiary/aromatic N) is 1. The summed E-state index contributed by atoms with van der Waals surface area (Å²) in [5.41, 5.74) is 0.509. The van der Waals surface area contributed by atoms with Gasteiger partial charge >= 0.3 is 0 Å². The Morgan fingerprint density at radius 1 is 1.37 bits per heavy atom. The molecule has 0 atom stereocenters. The molecule has 1 aromatic rings. The molecule has 0 fully saturated rings. The maximum atomic E-state index is 12.0. The zero-order valence-electron chi connectivity index (χ0n) is 11.4. The van der Waals surface area contributed by atoms with Gasteiger partial charge in [0.1, 0.15) is 0 Å². The second-order valence-electron chi connectivity index (χ2n) is 4.31. The summed E-state index contributed by atoms with van der Waals surface area (Å²) in [5.74, 6) is -0.126. The van der Waals surface area contributed by atoms with Crippen LogP contribution in [0.25, 0.3) is 0 Å². The first-order chi connectivity index (χ1) is 9.08. The number of carbonyl (C=O) groups excluding carboxylic acids is 1. The number of nitrogens with one attached hydrogen (secondary N) is 1. The molecule has 0 bridgehead atoms. The van der Waals surface area contributed by atoms with Crippen molar-refractivity contribution in [2.75, 3.05) is 26.2 Å². The standard InChI is InChI=1S/C14H20BrClN2O/c1-3-8-18(4-2)9-7-17-14(19)12-10-11(15)5-6-13(12)16/h5-6,10H,3-4,7-9H2,1-2H3,(H,17,19). The van der Waals surface area contributed by atoms with E-state index >= 15 is 0 Å². The summed E-state index contributed by atoms with van der Waals surface area (Å²) in [5, 5.41) is 3.38. The number of carbonyl (C=O) groups is 1. The highest BCUT2D eigenvalue weighted by Gasteiger charge is 2.10. The average molecular weight is 348 g/mol. The number of hydrogen-bond acceptors (Lipinski definition) is 2. The molecule has 0 radical (unpaired) electrons. The maximum absolute atomic E-state index is 12.0. The molecule has 0 saturated carbocycles. The van der Waals surface area contributed by atoms with Crippen molar-refractivity contribution in [3.63, 3.8) is 0 Å². The second-order valence-corrected chi connectivity index (χ2v) is 5.64. The van der Waals surface area contributed by atoms with Gasteiger partial charge in [-0.2, -0.15) is 0 Å². The van der Waals surface area contributed by atoms with Crippen molar-refractivity contribution < 1.29 is 4.79 Å². The monoisotopic (exact) mass is 346 g/mol. The van der Waals surface area contributed by atoms with Gasteiger partial charge in [-0.25, -0.2) is 0 Å². The molecule has 1 aromatic carbocycles. The maximum Gasteiger partial charge on any atom is 0.252 e. The summed E-state index contributed by atoms with van der Waals surface area (Å²) in [6.45, 7) is 7.84. The lowest BCUT2D eigenvalue weighted by Gasteiger charge is -2.19. The zero-order chi connectivity index (χ0) is 14.3. The summed E-state index contributed by atoms with van der Waals surface area (Å²) < 4.78 is 0.850. The minimum absolute atomic E-state index is 0.126. The molecular weight excluding hydrogens is 328 g/mol. The van der Waals surface area contributed by atoms with Crippen LogP contribution in [0.15, 0.2) is 22.7 Å². The quantitative estimate of drug-likeness (QED) is 0.818. The van der Waals surface area contributed by atoms with Crippen molar-refractivity contribution in [1.82, 2.24) is 10.2 Å². The van der Waals surface area contributed by atoms with E-state index in [-0.39, 0.29) is 5.91 Å². The first kappa shape index (κ1) is 16.5. The van der Waals surface area contributed by atoms with Crippen LogP contribution in [0.4, 0.5) is 0 Å². The molecule has 0 saturated heterocycles. The van der Waals surface area contributed by atoms with Crippen molar-refractivity contribution in [2.24, 2.45) is 0 Å². The largest absolute Gasteiger partial charge is 0.351 e. The lowest BCUT2D eigenvalue weighted by atomic mass is 10.2. The molecule has 3 nitrogen and oxygen atoms in total. The Hall–Kier alpha value is -0.580. The zero-order valence-corrected chi connectivity index (χ0v) is 13.7. The molecule has 0 aromatic heterocycles. The van der Waals surface area contributed by atoms with Crippen molar-refractivity contribution in [1.29, 1.82) is 0 Å². The van der Waals surface area contributed by atoms with Gasteiger partial charge in [-0.3, -0.25) is 4.79 Å². The summed E-state index contributed by atoms with van der Waals surface area (Å²) >= 11 is 9.36. The van der Waals surface area contributed by atoms with Gasteiger partial charge in [0.25, 0.3) is 5.91 Å². The molecule has 0 aliphatic heterocycles. The van der Waals surface area contributed by atoms with E-state index in [0.717, 1.165) is 30.5 Å². The fraction of sp³-hybridized carbons (Fsp3) is 0.500. The lowest BCUT2D eigenvalue weighted by molar-refractivity contribution is 0.0948. The Morgan fingerprint density at radius 3 is 2.74 bits per heavy atom. The fourth-order valence-electron chi connectivity index (χ4n) is 1.84. The van der Waals surface area contributed by atoms with Gasteiger partial charge in [-0.05, 0) is 37.7 Å². The highest BCUT2D eigenvalue weighted by Crippen LogP contribution is 2.20. The molecule has 0 spiro atoms. The van der Waals surface area contributed by atoms with Crippen molar-refractivity contribution in [3.8, 4) is 0 Å². The predicted octanol–water partition coefficient (Wildman–Crippen LogP) is 3.56. The molecular formula is C14H20BrClN2O. The van der Waals surface area contributed by atoms with E-state index in [1.807, 2.05) is 6.07 Å². The van der Waals surface area contributed by atoms with Gasteiger partial charge in [0, 0.05) is 17.6 Å². The van der Waals surface area contributed by atoms with Gasteiger partial charge in [0.05, 0.1) is 10.6 Å². The Morgan fingerprint density at radius 2 is 2.11 bits per heavy atom. The number of rotatable bonds is 7. The Kier molecular flexibility index (Phi) is 7.42. The molecule has 0 aliphatic rings. The lowest BCUT2D eigenvalue weighted by Crippen LogP contribution is -2.35. The summed E-state index contributed by atoms with van der Waals surface area (Å²) in [6.07, 6.45) is 1.12. The molecule has 0 aliphatic carbocycles. The van der Waals surface area contributed by atoms with Crippen LogP contribution in [-0.4, -0.2) is 37.0 Å². The molecule has 0 unspecified atom stereocenters. The predicted molar refractivity (Wildman–Crippen MR) is 83.9 cm³/mol. The first-order valence-electron chi connectivity index (χ1n) is 6.54. The number of amides is 1. The van der Waals surface area contributed by atoms with Crippen LogP contribution in [0.2, 0.25) is 5.02 Å². The minimum atomic E-state index is -0.126. The summed E-state index contributed by atoms with van der Waals surface area (Å²) in [4.78, 5) is 14.3. The molecule has 19 heavy (non-hydrogen) atoms. The van der Waals surface area contributed by atoms with E-state index in [1.54, 1.807) is 12.1 Å². The van der Waals surface area contributed by atoms with Crippen LogP contribution in [-0.2, 0) is 0 Å². The van der Waals surface area contributed by atoms with Crippen LogP contribution < -0.4 is 5.32 Å². The Labute approximate surface area is 128 Å². The smallest absolute Gasteiger partial charge is 0.252 e. The van der Waals surface area contributed by atoms with Crippen LogP contribution in [0.1, 0.15) is 30.6 Å².